The second kappa shape index (κ2) is 6.30. The lowest BCUT2D eigenvalue weighted by molar-refractivity contribution is 0.0748. The van der Waals surface area contributed by atoms with E-state index in [1.165, 1.54) is 0 Å². The Hall–Kier alpha value is -2.20. The molecule has 2 rings (SSSR count). The molecule has 0 saturated carbocycles. The van der Waals surface area contributed by atoms with Gasteiger partial charge in [-0.1, -0.05) is 30.3 Å². The molecule has 104 valence electrons. The molecule has 0 bridgehead atoms. The summed E-state index contributed by atoms with van der Waals surface area (Å²) in [4.78, 5) is 18.2. The van der Waals surface area contributed by atoms with Gasteiger partial charge in [0, 0.05) is 37.6 Å². The van der Waals surface area contributed by atoms with Crippen LogP contribution in [0.15, 0.2) is 48.8 Å². The van der Waals surface area contributed by atoms with Gasteiger partial charge in [-0.3, -0.25) is 9.78 Å². The number of aromatic nitrogens is 1. The molecule has 4 heteroatoms. The van der Waals surface area contributed by atoms with E-state index in [1.54, 1.807) is 24.3 Å². The summed E-state index contributed by atoms with van der Waals surface area (Å²) in [6, 6.07) is 11.8. The number of benzene rings is 1. The molecule has 1 aromatic heterocycles. The fraction of sp³-hybridized carbons (Fsp3) is 0.250. The topological polar surface area (TPSA) is 59.2 Å². The van der Waals surface area contributed by atoms with Crippen molar-refractivity contribution in [3.8, 4) is 11.1 Å². The molecule has 0 saturated heterocycles. The fourth-order valence-corrected chi connectivity index (χ4v) is 1.91. The molecule has 1 atom stereocenters. The normalized spacial score (nSPS) is 11.9. The largest absolute Gasteiger partial charge is 0.338 e. The van der Waals surface area contributed by atoms with Gasteiger partial charge in [-0.25, -0.2) is 0 Å². The van der Waals surface area contributed by atoms with Crippen molar-refractivity contribution >= 4 is 5.91 Å². The maximum Gasteiger partial charge on any atom is 0.255 e. The van der Waals surface area contributed by atoms with Gasteiger partial charge in [-0.05, 0) is 18.6 Å². The van der Waals surface area contributed by atoms with Gasteiger partial charge in [0.2, 0.25) is 0 Å². The van der Waals surface area contributed by atoms with Crippen LogP contribution in [0.4, 0.5) is 0 Å². The maximum absolute atomic E-state index is 12.4. The summed E-state index contributed by atoms with van der Waals surface area (Å²) < 4.78 is 0. The Morgan fingerprint density at radius 2 is 1.95 bits per heavy atom. The number of hydrogen-bond acceptors (Lipinski definition) is 3. The van der Waals surface area contributed by atoms with E-state index < -0.39 is 0 Å². The number of rotatable bonds is 4. The summed E-state index contributed by atoms with van der Waals surface area (Å²) >= 11 is 0. The third-order valence-corrected chi connectivity index (χ3v) is 3.41. The average Bonchev–Trinajstić information content (AvgIpc) is 2.53. The first-order chi connectivity index (χ1) is 9.63. The lowest BCUT2D eigenvalue weighted by Gasteiger charge is -2.23. The summed E-state index contributed by atoms with van der Waals surface area (Å²) in [5, 5.41) is 0. The quantitative estimate of drug-likeness (QED) is 0.925. The first-order valence-corrected chi connectivity index (χ1v) is 6.61. The van der Waals surface area contributed by atoms with Gasteiger partial charge in [0.05, 0.1) is 5.56 Å². The SMILES string of the molecule is CC(CN)N(C)C(=O)c1cncc(-c2ccccc2)c1. The molecule has 1 aromatic carbocycles. The molecule has 0 aliphatic rings. The van der Waals surface area contributed by atoms with E-state index in [4.69, 9.17) is 5.73 Å². The molecular weight excluding hydrogens is 250 g/mol. The molecule has 0 fully saturated rings. The standard InChI is InChI=1S/C16H19N3O/c1-12(9-17)19(2)16(20)15-8-14(10-18-11-15)13-6-4-3-5-7-13/h3-8,10-12H,9,17H2,1-2H3. The monoisotopic (exact) mass is 269 g/mol. The molecule has 1 unspecified atom stereocenters. The Bertz CT molecular complexity index is 583. The van der Waals surface area contributed by atoms with Crippen molar-refractivity contribution in [2.75, 3.05) is 13.6 Å². The van der Waals surface area contributed by atoms with E-state index in [-0.39, 0.29) is 11.9 Å². The Kier molecular flexibility index (Phi) is 4.48. The number of nitrogens with zero attached hydrogens (tertiary/aromatic N) is 2. The van der Waals surface area contributed by atoms with Gasteiger partial charge >= 0.3 is 0 Å². The van der Waals surface area contributed by atoms with E-state index in [0.717, 1.165) is 11.1 Å². The van der Waals surface area contributed by atoms with Gasteiger partial charge < -0.3 is 10.6 Å². The second-order valence-electron chi connectivity index (χ2n) is 4.83. The number of likely N-dealkylation sites (N-methyl/N-ethyl adjacent to an activating group) is 1. The van der Waals surface area contributed by atoms with Crippen molar-refractivity contribution in [1.29, 1.82) is 0 Å². The zero-order valence-electron chi connectivity index (χ0n) is 11.8. The van der Waals surface area contributed by atoms with Crippen LogP contribution in [-0.4, -0.2) is 35.4 Å². The number of amides is 1. The molecule has 1 amide bonds. The minimum atomic E-state index is -0.0618. The highest BCUT2D eigenvalue weighted by molar-refractivity contribution is 5.95. The molecule has 0 spiro atoms. The van der Waals surface area contributed by atoms with Crippen molar-refractivity contribution in [1.82, 2.24) is 9.88 Å². The molecule has 2 aromatic rings. The summed E-state index contributed by atoms with van der Waals surface area (Å²) in [5.41, 5.74) is 8.16. The average molecular weight is 269 g/mol. The fourth-order valence-electron chi connectivity index (χ4n) is 1.91. The smallest absolute Gasteiger partial charge is 0.255 e. The van der Waals surface area contributed by atoms with Crippen molar-refractivity contribution in [2.24, 2.45) is 5.73 Å². The van der Waals surface area contributed by atoms with Crippen molar-refractivity contribution in [2.45, 2.75) is 13.0 Å². The zero-order valence-corrected chi connectivity index (χ0v) is 11.8. The Labute approximate surface area is 119 Å². The van der Waals surface area contributed by atoms with Gasteiger partial charge in [0.25, 0.3) is 5.91 Å². The number of carbonyl (C=O) groups excluding carboxylic acids is 1. The number of carbonyl (C=O) groups is 1. The van der Waals surface area contributed by atoms with E-state index in [1.807, 2.05) is 43.3 Å². The van der Waals surface area contributed by atoms with Crippen LogP contribution >= 0.6 is 0 Å². The molecule has 4 nitrogen and oxygen atoms in total. The van der Waals surface area contributed by atoms with Crippen LogP contribution in [0, 0.1) is 0 Å². The van der Waals surface area contributed by atoms with Crippen LogP contribution in [0.25, 0.3) is 11.1 Å². The highest BCUT2D eigenvalue weighted by Gasteiger charge is 2.17. The van der Waals surface area contributed by atoms with E-state index in [0.29, 0.717) is 12.1 Å². The number of hydrogen-bond donors (Lipinski definition) is 1. The van der Waals surface area contributed by atoms with E-state index in [2.05, 4.69) is 4.98 Å². The zero-order chi connectivity index (χ0) is 14.5. The highest BCUT2D eigenvalue weighted by Crippen LogP contribution is 2.19. The predicted molar refractivity (Wildman–Crippen MR) is 80.3 cm³/mol. The summed E-state index contributed by atoms with van der Waals surface area (Å²) in [5.74, 6) is -0.0618. The Morgan fingerprint density at radius 3 is 2.60 bits per heavy atom. The Balaban J connectivity index is 2.29. The molecule has 1 heterocycles. The highest BCUT2D eigenvalue weighted by atomic mass is 16.2. The third kappa shape index (κ3) is 3.03. The van der Waals surface area contributed by atoms with Crippen LogP contribution < -0.4 is 5.73 Å². The molecule has 2 N–H and O–H groups in total. The molecular formula is C16H19N3O. The van der Waals surface area contributed by atoms with Crippen LogP contribution in [0.3, 0.4) is 0 Å². The van der Waals surface area contributed by atoms with Crippen LogP contribution in [-0.2, 0) is 0 Å². The van der Waals surface area contributed by atoms with Crippen LogP contribution in [0.5, 0.6) is 0 Å². The lowest BCUT2D eigenvalue weighted by atomic mass is 10.1. The summed E-state index contributed by atoms with van der Waals surface area (Å²) in [6.45, 7) is 2.36. The van der Waals surface area contributed by atoms with Gasteiger partial charge in [-0.2, -0.15) is 0 Å². The van der Waals surface area contributed by atoms with Gasteiger partial charge in [0.15, 0.2) is 0 Å². The molecule has 20 heavy (non-hydrogen) atoms. The van der Waals surface area contributed by atoms with Crippen molar-refractivity contribution in [3.05, 3.63) is 54.4 Å². The minimum Gasteiger partial charge on any atom is -0.338 e. The summed E-state index contributed by atoms with van der Waals surface area (Å²) in [6.07, 6.45) is 3.35. The van der Waals surface area contributed by atoms with Gasteiger partial charge in [0.1, 0.15) is 0 Å². The molecule has 0 aliphatic carbocycles. The first kappa shape index (κ1) is 14.2. The third-order valence-electron chi connectivity index (χ3n) is 3.41. The minimum absolute atomic E-state index is 0.00267. The lowest BCUT2D eigenvalue weighted by Crippen LogP contribution is -2.39. The predicted octanol–water partition coefficient (Wildman–Crippen LogP) is 2.17. The number of nitrogens with two attached hydrogens (primary N) is 1. The first-order valence-electron chi connectivity index (χ1n) is 6.61. The van der Waals surface area contributed by atoms with Crippen molar-refractivity contribution in [3.63, 3.8) is 0 Å². The summed E-state index contributed by atoms with van der Waals surface area (Å²) in [7, 11) is 1.76. The second-order valence-corrected chi connectivity index (χ2v) is 4.83. The van der Waals surface area contributed by atoms with E-state index in [9.17, 15) is 4.79 Å². The molecule has 0 radical (unpaired) electrons. The van der Waals surface area contributed by atoms with Gasteiger partial charge in [-0.15, -0.1) is 0 Å². The number of pyridine rings is 1. The van der Waals surface area contributed by atoms with Crippen molar-refractivity contribution < 1.29 is 4.79 Å². The van der Waals surface area contributed by atoms with Crippen LogP contribution in [0.1, 0.15) is 17.3 Å². The van der Waals surface area contributed by atoms with E-state index >= 15 is 0 Å². The maximum atomic E-state index is 12.4. The van der Waals surface area contributed by atoms with Crippen LogP contribution in [0.2, 0.25) is 0 Å². The Morgan fingerprint density at radius 1 is 1.25 bits per heavy atom. The molecule has 0 aliphatic heterocycles.